The molecule has 0 radical (unpaired) electrons. The second kappa shape index (κ2) is 5.66. The van der Waals surface area contributed by atoms with Crippen LogP contribution in [-0.2, 0) is 4.79 Å². The highest BCUT2D eigenvalue weighted by atomic mass is 127. The fraction of sp³-hybridized carbons (Fsp3) is 0.417. The molecule has 0 fully saturated rings. The quantitative estimate of drug-likeness (QED) is 0.824. The van der Waals surface area contributed by atoms with Gasteiger partial charge in [0.25, 0.3) is 0 Å². The van der Waals surface area contributed by atoms with Gasteiger partial charge in [0.2, 0.25) is 5.91 Å². The molecule has 0 aliphatic heterocycles. The van der Waals surface area contributed by atoms with Gasteiger partial charge in [0.05, 0.1) is 15.8 Å². The minimum absolute atomic E-state index is 0.113. The number of benzene rings is 1. The van der Waals surface area contributed by atoms with Crippen molar-refractivity contribution in [2.75, 3.05) is 11.9 Å². The fourth-order valence-electron chi connectivity index (χ4n) is 1.28. The van der Waals surface area contributed by atoms with Crippen molar-refractivity contribution >= 4 is 34.2 Å². The van der Waals surface area contributed by atoms with Gasteiger partial charge in [-0.1, -0.05) is 6.07 Å². The van der Waals surface area contributed by atoms with Gasteiger partial charge >= 0.3 is 0 Å². The van der Waals surface area contributed by atoms with Crippen LogP contribution in [0.4, 0.5) is 10.1 Å². The highest BCUT2D eigenvalue weighted by molar-refractivity contribution is 14.1. The number of halogens is 2. The largest absolute Gasteiger partial charge is 0.375 e. The summed E-state index contributed by atoms with van der Waals surface area (Å²) < 4.78 is 13.7. The fourth-order valence-corrected chi connectivity index (χ4v) is 1.83. The van der Waals surface area contributed by atoms with Crippen molar-refractivity contribution in [3.05, 3.63) is 27.6 Å². The summed E-state index contributed by atoms with van der Waals surface area (Å²) in [4.78, 5) is 11.6. The summed E-state index contributed by atoms with van der Waals surface area (Å²) in [6.07, 6.45) is 0. The van der Waals surface area contributed by atoms with Crippen LogP contribution < -0.4 is 10.6 Å². The van der Waals surface area contributed by atoms with Crippen LogP contribution in [0.15, 0.2) is 18.2 Å². The Kier molecular flexibility index (Phi) is 4.73. The summed E-state index contributed by atoms with van der Waals surface area (Å²) in [6, 6.07) is 4.75. The molecule has 3 nitrogen and oxygen atoms in total. The summed E-state index contributed by atoms with van der Waals surface area (Å²) in [6.45, 7) is 5.88. The van der Waals surface area contributed by atoms with Crippen molar-refractivity contribution in [1.29, 1.82) is 0 Å². The van der Waals surface area contributed by atoms with E-state index in [1.54, 1.807) is 12.1 Å². The number of amides is 1. The zero-order chi connectivity index (χ0) is 13.1. The number of anilines is 1. The van der Waals surface area contributed by atoms with Gasteiger partial charge in [-0.15, -0.1) is 0 Å². The van der Waals surface area contributed by atoms with E-state index in [-0.39, 0.29) is 23.8 Å². The van der Waals surface area contributed by atoms with Gasteiger partial charge in [0.1, 0.15) is 5.82 Å². The first-order valence-electron chi connectivity index (χ1n) is 5.28. The van der Waals surface area contributed by atoms with Crippen molar-refractivity contribution < 1.29 is 9.18 Å². The third-order valence-electron chi connectivity index (χ3n) is 1.91. The number of nitrogens with one attached hydrogen (secondary N) is 2. The molecule has 0 aliphatic carbocycles. The standard InChI is InChI=1S/C12H16FIN2O/c1-12(2,3)16-10(17)7-15-9-6-4-5-8(13)11(9)14/h4-6,15H,7H2,1-3H3,(H,16,17). The number of hydrogen-bond acceptors (Lipinski definition) is 2. The average Bonchev–Trinajstić information content (AvgIpc) is 2.18. The van der Waals surface area contributed by atoms with Crippen molar-refractivity contribution in [3.63, 3.8) is 0 Å². The maximum Gasteiger partial charge on any atom is 0.239 e. The molecule has 0 atom stereocenters. The van der Waals surface area contributed by atoms with Crippen LogP contribution >= 0.6 is 22.6 Å². The molecule has 0 saturated carbocycles. The first-order valence-corrected chi connectivity index (χ1v) is 6.36. The number of rotatable bonds is 3. The van der Waals surface area contributed by atoms with Gasteiger partial charge in [-0.3, -0.25) is 4.79 Å². The molecule has 0 bridgehead atoms. The highest BCUT2D eigenvalue weighted by Gasteiger charge is 2.13. The lowest BCUT2D eigenvalue weighted by Crippen LogP contribution is -2.43. The Morgan fingerprint density at radius 3 is 2.65 bits per heavy atom. The lowest BCUT2D eigenvalue weighted by molar-refractivity contribution is -0.120. The monoisotopic (exact) mass is 350 g/mol. The number of hydrogen-bond donors (Lipinski definition) is 2. The number of carbonyl (C=O) groups excluding carboxylic acids is 1. The van der Waals surface area contributed by atoms with E-state index in [1.807, 2.05) is 43.4 Å². The zero-order valence-electron chi connectivity index (χ0n) is 10.1. The van der Waals surface area contributed by atoms with E-state index in [0.29, 0.717) is 9.26 Å². The predicted molar refractivity (Wildman–Crippen MR) is 75.5 cm³/mol. The smallest absolute Gasteiger partial charge is 0.239 e. The first-order chi connectivity index (χ1) is 7.79. The van der Waals surface area contributed by atoms with Crippen molar-refractivity contribution in [3.8, 4) is 0 Å². The minimum Gasteiger partial charge on any atom is -0.375 e. The molecule has 1 aromatic carbocycles. The Bertz CT molecular complexity index is 415. The minimum atomic E-state index is -0.285. The molecule has 0 aliphatic rings. The first kappa shape index (κ1) is 14.2. The SMILES string of the molecule is CC(C)(C)NC(=O)CNc1cccc(F)c1I. The Balaban J connectivity index is 2.56. The van der Waals surface area contributed by atoms with E-state index >= 15 is 0 Å². The Morgan fingerprint density at radius 1 is 1.41 bits per heavy atom. The van der Waals surface area contributed by atoms with Gasteiger partial charge in [-0.05, 0) is 55.5 Å². The molecule has 17 heavy (non-hydrogen) atoms. The normalized spacial score (nSPS) is 11.1. The molecule has 2 N–H and O–H groups in total. The number of carbonyl (C=O) groups is 1. The molecule has 5 heteroatoms. The molecule has 0 unspecified atom stereocenters. The predicted octanol–water partition coefficient (Wildman–Crippen LogP) is 2.76. The van der Waals surface area contributed by atoms with E-state index in [2.05, 4.69) is 10.6 Å². The average molecular weight is 350 g/mol. The lowest BCUT2D eigenvalue weighted by Gasteiger charge is -2.20. The Hall–Kier alpha value is -0.850. The van der Waals surface area contributed by atoms with Crippen LogP contribution in [0, 0.1) is 9.39 Å². The molecule has 0 aromatic heterocycles. The molecule has 94 valence electrons. The molecule has 1 aromatic rings. The molecular formula is C12H16FIN2O. The molecule has 0 heterocycles. The van der Waals surface area contributed by atoms with Gasteiger partial charge in [-0.25, -0.2) is 4.39 Å². The lowest BCUT2D eigenvalue weighted by atomic mass is 10.1. The highest BCUT2D eigenvalue weighted by Crippen LogP contribution is 2.20. The second-order valence-electron chi connectivity index (χ2n) is 4.75. The third-order valence-corrected chi connectivity index (χ3v) is 3.00. The van der Waals surface area contributed by atoms with E-state index < -0.39 is 0 Å². The second-order valence-corrected chi connectivity index (χ2v) is 5.83. The summed E-state index contributed by atoms with van der Waals surface area (Å²) in [5.41, 5.74) is 0.378. The molecule has 1 rings (SSSR count). The zero-order valence-corrected chi connectivity index (χ0v) is 12.3. The van der Waals surface area contributed by atoms with E-state index in [9.17, 15) is 9.18 Å². The van der Waals surface area contributed by atoms with Crippen molar-refractivity contribution in [1.82, 2.24) is 5.32 Å². The summed E-state index contributed by atoms with van der Waals surface area (Å²) in [5.74, 6) is -0.399. The maximum atomic E-state index is 13.2. The van der Waals surface area contributed by atoms with Gasteiger partial charge < -0.3 is 10.6 Å². The molecule has 1 amide bonds. The van der Waals surface area contributed by atoms with E-state index in [4.69, 9.17) is 0 Å². The Labute approximate surface area is 114 Å². The van der Waals surface area contributed by atoms with E-state index in [0.717, 1.165) is 0 Å². The van der Waals surface area contributed by atoms with Crippen LogP contribution in [0.25, 0.3) is 0 Å². The third kappa shape index (κ3) is 4.89. The van der Waals surface area contributed by atoms with Crippen LogP contribution in [0.3, 0.4) is 0 Å². The summed E-state index contributed by atoms with van der Waals surface area (Å²) in [7, 11) is 0. The molecule has 0 saturated heterocycles. The maximum absolute atomic E-state index is 13.2. The van der Waals surface area contributed by atoms with Crippen LogP contribution in [0.1, 0.15) is 20.8 Å². The van der Waals surface area contributed by atoms with Crippen molar-refractivity contribution in [2.45, 2.75) is 26.3 Å². The van der Waals surface area contributed by atoms with Crippen LogP contribution in [-0.4, -0.2) is 18.0 Å². The Morgan fingerprint density at radius 2 is 2.06 bits per heavy atom. The molecular weight excluding hydrogens is 334 g/mol. The van der Waals surface area contributed by atoms with Crippen LogP contribution in [0.2, 0.25) is 0 Å². The van der Waals surface area contributed by atoms with Gasteiger partial charge in [-0.2, -0.15) is 0 Å². The summed E-state index contributed by atoms with van der Waals surface area (Å²) in [5, 5.41) is 5.74. The molecule has 0 spiro atoms. The van der Waals surface area contributed by atoms with Gasteiger partial charge in [0, 0.05) is 5.54 Å². The summed E-state index contributed by atoms with van der Waals surface area (Å²) >= 11 is 1.91. The van der Waals surface area contributed by atoms with Crippen LogP contribution in [0.5, 0.6) is 0 Å². The van der Waals surface area contributed by atoms with E-state index in [1.165, 1.54) is 6.07 Å². The van der Waals surface area contributed by atoms with Gasteiger partial charge in [0.15, 0.2) is 0 Å². The topological polar surface area (TPSA) is 41.1 Å². The van der Waals surface area contributed by atoms with Crippen molar-refractivity contribution in [2.24, 2.45) is 0 Å².